The predicted octanol–water partition coefficient (Wildman–Crippen LogP) is 9.18. The van der Waals surface area contributed by atoms with Crippen molar-refractivity contribution < 1.29 is 0 Å². The molecular formula is C31H46. The van der Waals surface area contributed by atoms with E-state index in [0.29, 0.717) is 0 Å². The van der Waals surface area contributed by atoms with Crippen LogP contribution < -0.4 is 0 Å². The largest absolute Gasteiger partial charge is 0.0561 e. The lowest BCUT2D eigenvalue weighted by molar-refractivity contribution is 0.525. The van der Waals surface area contributed by atoms with Crippen LogP contribution in [0.15, 0.2) is 24.3 Å². The van der Waals surface area contributed by atoms with Crippen LogP contribution in [0.25, 0.3) is 11.1 Å². The van der Waals surface area contributed by atoms with Crippen molar-refractivity contribution in [3.63, 3.8) is 0 Å². The third-order valence-corrected chi connectivity index (χ3v) is 7.18. The molecule has 0 saturated carbocycles. The number of benzene rings is 2. The van der Waals surface area contributed by atoms with Gasteiger partial charge in [-0.05, 0) is 66.2 Å². The van der Waals surface area contributed by atoms with Crippen LogP contribution in [-0.4, -0.2) is 0 Å². The molecule has 0 nitrogen and oxygen atoms in total. The van der Waals surface area contributed by atoms with E-state index in [-0.39, 0.29) is 27.1 Å². The summed E-state index contributed by atoms with van der Waals surface area (Å²) in [5.74, 6) is 0. The summed E-state index contributed by atoms with van der Waals surface area (Å²) in [6.45, 7) is 33.1. The van der Waals surface area contributed by atoms with E-state index in [1.54, 1.807) is 0 Å². The standard InChI is InChI=1S/C31H46/c1-27(2,3)23-15-19-20-16-24(28(4,5)6)26(30(10,11)12)18-22(20)31(13,14)21(19)17-25(23)29(7,8)9/h15-18H,1-14H3. The summed E-state index contributed by atoms with van der Waals surface area (Å²) in [5.41, 5.74) is 12.3. The van der Waals surface area contributed by atoms with Crippen LogP contribution in [0.5, 0.6) is 0 Å². The number of hydrogen-bond acceptors (Lipinski definition) is 0. The van der Waals surface area contributed by atoms with Gasteiger partial charge >= 0.3 is 0 Å². The van der Waals surface area contributed by atoms with Crippen LogP contribution in [0.1, 0.15) is 130 Å². The predicted molar refractivity (Wildman–Crippen MR) is 139 cm³/mol. The summed E-state index contributed by atoms with van der Waals surface area (Å²) in [4.78, 5) is 0. The van der Waals surface area contributed by atoms with Gasteiger partial charge in [-0.3, -0.25) is 0 Å². The quantitative estimate of drug-likeness (QED) is 0.400. The molecule has 2 aromatic carbocycles. The number of hydrogen-bond donors (Lipinski definition) is 0. The van der Waals surface area contributed by atoms with Crippen LogP contribution in [0.4, 0.5) is 0 Å². The maximum Gasteiger partial charge on any atom is 0.0159 e. The normalized spacial score (nSPS) is 16.3. The molecule has 2 aromatic rings. The van der Waals surface area contributed by atoms with Gasteiger partial charge in [0.2, 0.25) is 0 Å². The Morgan fingerprint density at radius 1 is 0.419 bits per heavy atom. The second-order valence-corrected chi connectivity index (χ2v) is 14.5. The molecule has 1 aliphatic rings. The fourth-order valence-corrected chi connectivity index (χ4v) is 5.31. The third kappa shape index (κ3) is 4.01. The van der Waals surface area contributed by atoms with Crippen LogP contribution in [0, 0.1) is 0 Å². The first-order valence-corrected chi connectivity index (χ1v) is 12.1. The number of rotatable bonds is 0. The van der Waals surface area contributed by atoms with Crippen molar-refractivity contribution >= 4 is 0 Å². The van der Waals surface area contributed by atoms with E-state index in [1.165, 1.54) is 44.5 Å². The Balaban J connectivity index is 2.46. The minimum atomic E-state index is 0.0114. The third-order valence-electron chi connectivity index (χ3n) is 7.18. The van der Waals surface area contributed by atoms with Gasteiger partial charge in [0.15, 0.2) is 0 Å². The first-order valence-electron chi connectivity index (χ1n) is 12.1. The summed E-state index contributed by atoms with van der Waals surface area (Å²) in [5, 5.41) is 0. The lowest BCUT2D eigenvalue weighted by Crippen LogP contribution is -2.25. The Bertz CT molecular complexity index is 933. The SMILES string of the molecule is CC(C)(C)c1cc2c(cc1C(C)(C)C)C(C)(C)c1cc(C(C)(C)C)c(C(C)(C)C)cc1-2. The van der Waals surface area contributed by atoms with Crippen LogP contribution in [-0.2, 0) is 27.1 Å². The van der Waals surface area contributed by atoms with E-state index in [9.17, 15) is 0 Å². The number of fused-ring (bicyclic) bond motifs is 3. The summed E-state index contributed by atoms with van der Waals surface area (Å²) in [6, 6.07) is 10.2. The molecule has 0 radical (unpaired) electrons. The molecule has 31 heavy (non-hydrogen) atoms. The van der Waals surface area contributed by atoms with Crippen molar-refractivity contribution in [2.75, 3.05) is 0 Å². The van der Waals surface area contributed by atoms with E-state index in [0.717, 1.165) is 0 Å². The second-order valence-electron chi connectivity index (χ2n) is 14.5. The lowest BCUT2D eigenvalue weighted by Gasteiger charge is -2.33. The van der Waals surface area contributed by atoms with Crippen molar-refractivity contribution in [3.05, 3.63) is 57.6 Å². The zero-order valence-electron chi connectivity index (χ0n) is 22.8. The zero-order chi connectivity index (χ0) is 23.9. The van der Waals surface area contributed by atoms with Gasteiger partial charge in [-0.25, -0.2) is 0 Å². The minimum absolute atomic E-state index is 0.0114. The zero-order valence-corrected chi connectivity index (χ0v) is 22.8. The van der Waals surface area contributed by atoms with Crippen molar-refractivity contribution in [2.24, 2.45) is 0 Å². The van der Waals surface area contributed by atoms with E-state index in [4.69, 9.17) is 0 Å². The Kier molecular flexibility index (Phi) is 5.22. The van der Waals surface area contributed by atoms with Gasteiger partial charge in [-0.15, -0.1) is 0 Å². The smallest absolute Gasteiger partial charge is 0.0159 e. The molecule has 0 saturated heterocycles. The first kappa shape index (κ1) is 24.1. The molecule has 0 atom stereocenters. The van der Waals surface area contributed by atoms with Crippen LogP contribution in [0.3, 0.4) is 0 Å². The molecule has 0 amide bonds. The molecule has 0 aromatic heterocycles. The fraction of sp³-hybridized carbons (Fsp3) is 0.613. The maximum atomic E-state index is 2.55. The second kappa shape index (κ2) is 6.72. The van der Waals surface area contributed by atoms with Gasteiger partial charge < -0.3 is 0 Å². The summed E-state index contributed by atoms with van der Waals surface area (Å²) < 4.78 is 0. The highest BCUT2D eigenvalue weighted by molar-refractivity contribution is 5.83. The summed E-state index contributed by atoms with van der Waals surface area (Å²) in [6.07, 6.45) is 0. The molecule has 0 spiro atoms. The van der Waals surface area contributed by atoms with Crippen molar-refractivity contribution in [3.8, 4) is 11.1 Å². The fourth-order valence-electron chi connectivity index (χ4n) is 5.31. The molecule has 0 heterocycles. The Morgan fingerprint density at radius 2 is 0.645 bits per heavy atom. The van der Waals surface area contributed by atoms with E-state index in [2.05, 4.69) is 121 Å². The molecule has 1 aliphatic carbocycles. The summed E-state index contributed by atoms with van der Waals surface area (Å²) in [7, 11) is 0. The van der Waals surface area contributed by atoms with Crippen LogP contribution in [0.2, 0.25) is 0 Å². The Hall–Kier alpha value is -1.56. The van der Waals surface area contributed by atoms with Crippen LogP contribution >= 0.6 is 0 Å². The maximum absolute atomic E-state index is 2.55. The average molecular weight is 419 g/mol. The molecule has 0 fully saturated rings. The monoisotopic (exact) mass is 418 g/mol. The van der Waals surface area contributed by atoms with Crippen molar-refractivity contribution in [1.29, 1.82) is 0 Å². The highest BCUT2D eigenvalue weighted by Gasteiger charge is 2.40. The molecular weight excluding hydrogens is 372 g/mol. The molecule has 3 rings (SSSR count). The van der Waals surface area contributed by atoms with E-state index < -0.39 is 0 Å². The van der Waals surface area contributed by atoms with Gasteiger partial charge in [0, 0.05) is 5.41 Å². The van der Waals surface area contributed by atoms with Gasteiger partial charge in [0.05, 0.1) is 0 Å². The van der Waals surface area contributed by atoms with Crippen molar-refractivity contribution in [2.45, 2.75) is 124 Å². The van der Waals surface area contributed by atoms with E-state index >= 15 is 0 Å². The molecule has 0 unspecified atom stereocenters. The van der Waals surface area contributed by atoms with Gasteiger partial charge in [0.25, 0.3) is 0 Å². The van der Waals surface area contributed by atoms with Gasteiger partial charge in [0.1, 0.15) is 0 Å². The molecule has 170 valence electrons. The minimum Gasteiger partial charge on any atom is -0.0561 e. The Morgan fingerprint density at radius 3 is 0.871 bits per heavy atom. The highest BCUT2D eigenvalue weighted by Crippen LogP contribution is 2.53. The van der Waals surface area contributed by atoms with E-state index in [1.807, 2.05) is 0 Å². The molecule has 0 heteroatoms. The van der Waals surface area contributed by atoms with Gasteiger partial charge in [-0.2, -0.15) is 0 Å². The molecule has 0 N–H and O–H groups in total. The van der Waals surface area contributed by atoms with Crippen molar-refractivity contribution in [1.82, 2.24) is 0 Å². The lowest BCUT2D eigenvalue weighted by atomic mass is 9.71. The summed E-state index contributed by atoms with van der Waals surface area (Å²) >= 11 is 0. The average Bonchev–Trinajstić information content (AvgIpc) is 2.77. The highest BCUT2D eigenvalue weighted by atomic mass is 14.4. The topological polar surface area (TPSA) is 0 Å². The first-order chi connectivity index (χ1) is 13.7. The molecule has 0 bridgehead atoms. The van der Waals surface area contributed by atoms with Gasteiger partial charge in [-0.1, -0.05) is 121 Å². The molecule has 0 aliphatic heterocycles. The Labute approximate surface area is 192 Å².